The highest BCUT2D eigenvalue weighted by molar-refractivity contribution is 6.33. The summed E-state index contributed by atoms with van der Waals surface area (Å²) >= 11 is 6.31. The molecule has 0 spiro atoms. The van der Waals surface area contributed by atoms with Crippen LogP contribution in [0.15, 0.2) is 36.5 Å². The number of anilines is 1. The number of nitrogens with zero attached hydrogens (tertiary/aromatic N) is 3. The molecule has 0 aliphatic heterocycles. The van der Waals surface area contributed by atoms with Crippen molar-refractivity contribution in [3.8, 4) is 11.4 Å². The Labute approximate surface area is 122 Å². The van der Waals surface area contributed by atoms with E-state index in [1.165, 1.54) is 0 Å². The van der Waals surface area contributed by atoms with Crippen molar-refractivity contribution in [3.05, 3.63) is 41.6 Å². The molecule has 0 unspecified atom stereocenters. The molecule has 0 saturated heterocycles. The molecular weight excluding hydrogens is 272 g/mol. The SMILES string of the molecule is CC(C)n1c(-c2cc(N)ccc2Cl)nc2cccnc21. The van der Waals surface area contributed by atoms with E-state index in [4.69, 9.17) is 17.3 Å². The number of fused-ring (bicyclic) bond motifs is 1. The molecule has 2 heterocycles. The summed E-state index contributed by atoms with van der Waals surface area (Å²) in [4.78, 5) is 9.09. The highest BCUT2D eigenvalue weighted by atomic mass is 35.5. The summed E-state index contributed by atoms with van der Waals surface area (Å²) in [6, 6.07) is 9.48. The van der Waals surface area contributed by atoms with Crippen molar-refractivity contribution >= 4 is 28.5 Å². The van der Waals surface area contributed by atoms with E-state index >= 15 is 0 Å². The quantitative estimate of drug-likeness (QED) is 0.727. The van der Waals surface area contributed by atoms with Gasteiger partial charge < -0.3 is 10.3 Å². The summed E-state index contributed by atoms with van der Waals surface area (Å²) in [5.41, 5.74) is 9.09. The molecule has 5 heteroatoms. The molecule has 0 saturated carbocycles. The number of nitrogen functional groups attached to an aromatic ring is 1. The zero-order valence-corrected chi connectivity index (χ0v) is 12.1. The van der Waals surface area contributed by atoms with Gasteiger partial charge in [0.1, 0.15) is 11.3 Å². The van der Waals surface area contributed by atoms with Crippen LogP contribution in [-0.2, 0) is 0 Å². The lowest BCUT2D eigenvalue weighted by Gasteiger charge is -2.13. The molecule has 20 heavy (non-hydrogen) atoms. The minimum absolute atomic E-state index is 0.224. The van der Waals surface area contributed by atoms with Crippen LogP contribution in [0.2, 0.25) is 5.02 Å². The second-order valence-electron chi connectivity index (χ2n) is 4.98. The van der Waals surface area contributed by atoms with Crippen molar-refractivity contribution in [2.45, 2.75) is 19.9 Å². The van der Waals surface area contributed by atoms with Gasteiger partial charge in [-0.05, 0) is 44.2 Å². The standard InChI is InChI=1S/C15H15ClN4/c1-9(2)20-14(11-8-10(17)5-6-12(11)16)19-13-4-3-7-18-15(13)20/h3-9H,17H2,1-2H3. The molecule has 0 atom stereocenters. The monoisotopic (exact) mass is 286 g/mol. The largest absolute Gasteiger partial charge is 0.399 e. The lowest BCUT2D eigenvalue weighted by Crippen LogP contribution is -2.04. The fraction of sp³-hybridized carbons (Fsp3) is 0.200. The van der Waals surface area contributed by atoms with E-state index in [9.17, 15) is 0 Å². The third-order valence-electron chi connectivity index (χ3n) is 3.20. The Balaban J connectivity index is 2.35. The van der Waals surface area contributed by atoms with Crippen molar-refractivity contribution in [1.29, 1.82) is 0 Å². The van der Waals surface area contributed by atoms with Crippen LogP contribution < -0.4 is 5.73 Å². The van der Waals surface area contributed by atoms with E-state index in [1.54, 1.807) is 18.3 Å². The molecule has 0 fully saturated rings. The lowest BCUT2D eigenvalue weighted by molar-refractivity contribution is 0.620. The highest BCUT2D eigenvalue weighted by Gasteiger charge is 2.17. The molecule has 102 valence electrons. The molecule has 4 nitrogen and oxygen atoms in total. The number of pyridine rings is 1. The Bertz CT molecular complexity index is 777. The van der Waals surface area contributed by atoms with Gasteiger partial charge in [0, 0.05) is 23.5 Å². The Morgan fingerprint density at radius 3 is 2.80 bits per heavy atom. The fourth-order valence-electron chi connectivity index (χ4n) is 2.32. The predicted molar refractivity (Wildman–Crippen MR) is 82.8 cm³/mol. The molecule has 0 aliphatic carbocycles. The smallest absolute Gasteiger partial charge is 0.160 e. The normalized spacial score (nSPS) is 11.4. The minimum Gasteiger partial charge on any atom is -0.399 e. The van der Waals surface area contributed by atoms with Crippen molar-refractivity contribution < 1.29 is 0 Å². The molecular formula is C15H15ClN4. The summed E-state index contributed by atoms with van der Waals surface area (Å²) in [5.74, 6) is 0.797. The van der Waals surface area contributed by atoms with E-state index in [1.807, 2.05) is 18.2 Å². The van der Waals surface area contributed by atoms with Crippen LogP contribution in [0.4, 0.5) is 5.69 Å². The number of benzene rings is 1. The number of imidazole rings is 1. The molecule has 0 radical (unpaired) electrons. The zero-order valence-electron chi connectivity index (χ0n) is 11.3. The van der Waals surface area contributed by atoms with E-state index in [2.05, 4.69) is 28.4 Å². The van der Waals surface area contributed by atoms with Gasteiger partial charge in [0.25, 0.3) is 0 Å². The Morgan fingerprint density at radius 2 is 2.05 bits per heavy atom. The van der Waals surface area contributed by atoms with Crippen molar-refractivity contribution in [2.24, 2.45) is 0 Å². The third-order valence-corrected chi connectivity index (χ3v) is 3.53. The number of aromatic nitrogens is 3. The first-order valence-corrected chi connectivity index (χ1v) is 6.84. The molecule has 0 bridgehead atoms. The second-order valence-corrected chi connectivity index (χ2v) is 5.39. The Morgan fingerprint density at radius 1 is 1.25 bits per heavy atom. The number of halogens is 1. The maximum absolute atomic E-state index is 6.31. The van der Waals surface area contributed by atoms with Gasteiger partial charge in [-0.1, -0.05) is 11.6 Å². The van der Waals surface area contributed by atoms with Crippen LogP contribution in [0.1, 0.15) is 19.9 Å². The first-order valence-electron chi connectivity index (χ1n) is 6.46. The molecule has 0 amide bonds. The second kappa shape index (κ2) is 4.80. The minimum atomic E-state index is 0.224. The van der Waals surface area contributed by atoms with Crippen LogP contribution in [0.5, 0.6) is 0 Å². The summed E-state index contributed by atoms with van der Waals surface area (Å²) < 4.78 is 2.08. The van der Waals surface area contributed by atoms with E-state index in [0.29, 0.717) is 10.7 Å². The molecule has 3 rings (SSSR count). The van der Waals surface area contributed by atoms with Gasteiger partial charge in [-0.25, -0.2) is 9.97 Å². The lowest BCUT2D eigenvalue weighted by atomic mass is 10.2. The van der Waals surface area contributed by atoms with E-state index < -0.39 is 0 Å². The summed E-state index contributed by atoms with van der Waals surface area (Å²) in [5, 5.41) is 0.636. The molecule has 2 N–H and O–H groups in total. The topological polar surface area (TPSA) is 56.7 Å². The maximum Gasteiger partial charge on any atom is 0.160 e. The van der Waals surface area contributed by atoms with Gasteiger partial charge in [-0.15, -0.1) is 0 Å². The maximum atomic E-state index is 6.31. The number of rotatable bonds is 2. The first kappa shape index (κ1) is 12.9. The van der Waals surface area contributed by atoms with Crippen LogP contribution >= 0.6 is 11.6 Å². The zero-order chi connectivity index (χ0) is 14.3. The van der Waals surface area contributed by atoms with Crippen molar-refractivity contribution in [2.75, 3.05) is 5.73 Å². The Kier molecular flexibility index (Phi) is 3.10. The van der Waals surface area contributed by atoms with Gasteiger partial charge in [0.05, 0.1) is 5.02 Å². The van der Waals surface area contributed by atoms with Gasteiger partial charge in [-0.2, -0.15) is 0 Å². The third kappa shape index (κ3) is 2.02. The van der Waals surface area contributed by atoms with Crippen molar-refractivity contribution in [1.82, 2.24) is 14.5 Å². The number of nitrogens with two attached hydrogens (primary N) is 1. The molecule has 2 aromatic heterocycles. The number of hydrogen-bond donors (Lipinski definition) is 1. The Hall–Kier alpha value is -2.07. The highest BCUT2D eigenvalue weighted by Crippen LogP contribution is 2.33. The average Bonchev–Trinajstić information content (AvgIpc) is 2.80. The van der Waals surface area contributed by atoms with Gasteiger partial charge in [0.2, 0.25) is 0 Å². The van der Waals surface area contributed by atoms with Crippen LogP contribution in [0.3, 0.4) is 0 Å². The van der Waals surface area contributed by atoms with E-state index in [-0.39, 0.29) is 6.04 Å². The summed E-state index contributed by atoms with van der Waals surface area (Å²) in [6.45, 7) is 4.19. The van der Waals surface area contributed by atoms with Crippen LogP contribution in [0.25, 0.3) is 22.6 Å². The van der Waals surface area contributed by atoms with Crippen LogP contribution in [-0.4, -0.2) is 14.5 Å². The fourth-order valence-corrected chi connectivity index (χ4v) is 2.53. The molecule has 0 aliphatic rings. The summed E-state index contributed by atoms with van der Waals surface area (Å²) in [6.07, 6.45) is 1.77. The predicted octanol–water partition coefficient (Wildman–Crippen LogP) is 3.91. The molecule has 3 aromatic rings. The van der Waals surface area contributed by atoms with Crippen molar-refractivity contribution in [3.63, 3.8) is 0 Å². The first-order chi connectivity index (χ1) is 9.58. The van der Waals surface area contributed by atoms with Gasteiger partial charge in [-0.3, -0.25) is 0 Å². The van der Waals surface area contributed by atoms with E-state index in [0.717, 1.165) is 22.6 Å². The van der Waals surface area contributed by atoms with Gasteiger partial charge >= 0.3 is 0 Å². The van der Waals surface area contributed by atoms with Gasteiger partial charge in [0.15, 0.2) is 5.65 Å². The average molecular weight is 287 g/mol. The van der Waals surface area contributed by atoms with Crippen LogP contribution in [0, 0.1) is 0 Å². The number of hydrogen-bond acceptors (Lipinski definition) is 3. The summed E-state index contributed by atoms with van der Waals surface area (Å²) in [7, 11) is 0. The molecule has 1 aromatic carbocycles.